The van der Waals surface area contributed by atoms with Gasteiger partial charge < -0.3 is 9.47 Å². The highest BCUT2D eigenvalue weighted by Gasteiger charge is 2.09. The van der Waals surface area contributed by atoms with E-state index in [4.69, 9.17) is 9.47 Å². The first kappa shape index (κ1) is 13.4. The topological polar surface area (TPSA) is 31.4 Å². The first-order valence-corrected chi connectivity index (χ1v) is 6.17. The van der Waals surface area contributed by atoms with Crippen LogP contribution in [0.15, 0.2) is 11.0 Å². The van der Waals surface area contributed by atoms with Gasteiger partial charge in [0.25, 0.3) is 0 Å². The molecule has 1 rings (SSSR count). The van der Waals surface area contributed by atoms with Crippen molar-refractivity contribution in [2.75, 3.05) is 20.8 Å². The lowest BCUT2D eigenvalue weighted by Crippen LogP contribution is -2.14. The summed E-state index contributed by atoms with van der Waals surface area (Å²) in [5.41, 5.74) is 2.20. The van der Waals surface area contributed by atoms with Crippen LogP contribution in [0.4, 0.5) is 0 Å². The fraction of sp³-hybridized carbons (Fsp3) is 0.583. The fourth-order valence-electron chi connectivity index (χ4n) is 1.53. The highest BCUT2D eigenvalue weighted by atomic mass is 32.1. The highest BCUT2D eigenvalue weighted by molar-refractivity contribution is 7.09. The zero-order chi connectivity index (χ0) is 12.0. The predicted octanol–water partition coefficient (Wildman–Crippen LogP) is 2.91. The molecule has 0 saturated carbocycles. The van der Waals surface area contributed by atoms with E-state index in [1.165, 1.54) is 5.57 Å². The van der Waals surface area contributed by atoms with E-state index in [2.05, 4.69) is 23.4 Å². The second-order valence-corrected chi connectivity index (χ2v) is 4.75. The van der Waals surface area contributed by atoms with E-state index >= 15 is 0 Å². The summed E-state index contributed by atoms with van der Waals surface area (Å²) in [5, 5.41) is 3.15. The number of aryl methyl sites for hydroxylation is 1. The summed E-state index contributed by atoms with van der Waals surface area (Å²) in [6.07, 6.45) is 3.06. The average Bonchev–Trinajstić information content (AvgIpc) is 2.65. The third-order valence-corrected chi connectivity index (χ3v) is 3.18. The number of nitrogens with zero attached hydrogens (tertiary/aromatic N) is 1. The van der Waals surface area contributed by atoms with Crippen molar-refractivity contribution in [1.29, 1.82) is 0 Å². The molecular formula is C12H19NO2S. The van der Waals surface area contributed by atoms with E-state index in [-0.39, 0.29) is 6.10 Å². The van der Waals surface area contributed by atoms with Crippen LogP contribution in [0.5, 0.6) is 0 Å². The average molecular weight is 241 g/mol. The minimum Gasteiger partial charge on any atom is -0.385 e. The first-order chi connectivity index (χ1) is 7.67. The molecule has 3 nitrogen and oxygen atoms in total. The molecule has 0 radical (unpaired) electrons. The van der Waals surface area contributed by atoms with Crippen LogP contribution < -0.4 is 0 Å². The van der Waals surface area contributed by atoms with Crippen LogP contribution in [0.25, 0.3) is 6.08 Å². The molecule has 0 aromatic carbocycles. The Labute approximate surface area is 101 Å². The molecule has 16 heavy (non-hydrogen) atoms. The number of methoxy groups -OCH3 is 2. The predicted molar refractivity (Wildman–Crippen MR) is 67.8 cm³/mol. The van der Waals surface area contributed by atoms with Crippen molar-refractivity contribution in [3.8, 4) is 0 Å². The third kappa shape index (κ3) is 4.04. The van der Waals surface area contributed by atoms with E-state index in [1.807, 2.05) is 6.92 Å². The first-order valence-electron chi connectivity index (χ1n) is 5.29. The Morgan fingerprint density at radius 2 is 2.31 bits per heavy atom. The van der Waals surface area contributed by atoms with Gasteiger partial charge >= 0.3 is 0 Å². The number of ether oxygens (including phenoxy) is 2. The molecule has 0 saturated heterocycles. The van der Waals surface area contributed by atoms with Crippen LogP contribution in [0.2, 0.25) is 0 Å². The number of hydrogen-bond donors (Lipinski definition) is 0. The van der Waals surface area contributed by atoms with Gasteiger partial charge in [-0.3, -0.25) is 0 Å². The van der Waals surface area contributed by atoms with Crippen LogP contribution >= 0.6 is 11.3 Å². The van der Waals surface area contributed by atoms with Gasteiger partial charge in [-0.25, -0.2) is 4.98 Å². The van der Waals surface area contributed by atoms with Crippen molar-refractivity contribution in [3.05, 3.63) is 21.7 Å². The molecule has 4 heteroatoms. The van der Waals surface area contributed by atoms with E-state index in [0.29, 0.717) is 6.61 Å². The van der Waals surface area contributed by atoms with E-state index in [9.17, 15) is 0 Å². The van der Waals surface area contributed by atoms with Gasteiger partial charge in [0.05, 0.1) is 16.8 Å². The number of aromatic nitrogens is 1. The summed E-state index contributed by atoms with van der Waals surface area (Å²) < 4.78 is 10.5. The molecule has 1 atom stereocenters. The molecule has 0 amide bonds. The minimum absolute atomic E-state index is 0.113. The maximum Gasteiger partial charge on any atom is 0.0901 e. The lowest BCUT2D eigenvalue weighted by Gasteiger charge is -2.15. The van der Waals surface area contributed by atoms with Crippen LogP contribution in [0.3, 0.4) is 0 Å². The van der Waals surface area contributed by atoms with Crippen LogP contribution in [0.1, 0.15) is 24.0 Å². The van der Waals surface area contributed by atoms with Crippen molar-refractivity contribution in [3.63, 3.8) is 0 Å². The Morgan fingerprint density at radius 1 is 1.56 bits per heavy atom. The van der Waals surface area contributed by atoms with Gasteiger partial charge in [-0.15, -0.1) is 11.3 Å². The van der Waals surface area contributed by atoms with Gasteiger partial charge in [0.1, 0.15) is 0 Å². The lowest BCUT2D eigenvalue weighted by molar-refractivity contribution is 0.0899. The van der Waals surface area contributed by atoms with E-state index < -0.39 is 0 Å². The van der Waals surface area contributed by atoms with Crippen molar-refractivity contribution < 1.29 is 9.47 Å². The zero-order valence-corrected chi connectivity index (χ0v) is 11.1. The highest BCUT2D eigenvalue weighted by Crippen LogP contribution is 2.16. The van der Waals surface area contributed by atoms with Gasteiger partial charge in [0.2, 0.25) is 0 Å². The Kier molecular flexibility index (Phi) is 5.66. The fourth-order valence-corrected chi connectivity index (χ4v) is 2.10. The summed E-state index contributed by atoms with van der Waals surface area (Å²) in [7, 11) is 3.43. The number of rotatable bonds is 6. The molecule has 0 aliphatic heterocycles. The third-order valence-electron chi connectivity index (χ3n) is 2.39. The normalized spacial score (nSPS) is 14.1. The molecule has 1 heterocycles. The second kappa shape index (κ2) is 6.78. The summed E-state index contributed by atoms with van der Waals surface area (Å²) in [6.45, 7) is 4.79. The lowest BCUT2D eigenvalue weighted by atomic mass is 10.1. The van der Waals surface area contributed by atoms with Gasteiger partial charge in [-0.05, 0) is 25.5 Å². The number of hydrogen-bond acceptors (Lipinski definition) is 4. The Morgan fingerprint density at radius 3 is 2.81 bits per heavy atom. The van der Waals surface area contributed by atoms with Crippen LogP contribution in [-0.2, 0) is 9.47 Å². The Bertz CT molecular complexity index is 347. The van der Waals surface area contributed by atoms with Gasteiger partial charge in [-0.2, -0.15) is 0 Å². The molecule has 0 unspecified atom stereocenters. The molecule has 1 aromatic rings. The molecule has 1 aromatic heterocycles. The van der Waals surface area contributed by atoms with Crippen molar-refractivity contribution in [2.24, 2.45) is 0 Å². The largest absolute Gasteiger partial charge is 0.385 e. The molecule has 0 bridgehead atoms. The van der Waals surface area contributed by atoms with Gasteiger partial charge in [0.15, 0.2) is 0 Å². The van der Waals surface area contributed by atoms with E-state index in [1.54, 1.807) is 25.6 Å². The van der Waals surface area contributed by atoms with Crippen LogP contribution in [-0.4, -0.2) is 31.9 Å². The Hall–Kier alpha value is -0.710. The molecule has 0 N–H and O–H groups in total. The summed E-state index contributed by atoms with van der Waals surface area (Å²) >= 11 is 1.66. The smallest absolute Gasteiger partial charge is 0.0901 e. The summed E-state index contributed by atoms with van der Waals surface area (Å²) in [5.74, 6) is 0. The zero-order valence-electron chi connectivity index (χ0n) is 10.3. The quantitative estimate of drug-likeness (QED) is 0.767. The van der Waals surface area contributed by atoms with Gasteiger partial charge in [0, 0.05) is 32.6 Å². The monoisotopic (exact) mass is 241 g/mol. The SMILES string of the molecule is COCC[C@H](OC)/C(C)=C/c1csc(C)n1. The molecule has 0 aliphatic carbocycles. The molecule has 0 aliphatic rings. The Balaban J connectivity index is 2.66. The molecular weight excluding hydrogens is 222 g/mol. The van der Waals surface area contributed by atoms with Crippen molar-refractivity contribution in [2.45, 2.75) is 26.4 Å². The minimum atomic E-state index is 0.113. The number of thiazole rings is 1. The van der Waals surface area contributed by atoms with E-state index in [0.717, 1.165) is 17.1 Å². The maximum absolute atomic E-state index is 5.42. The van der Waals surface area contributed by atoms with Crippen molar-refractivity contribution >= 4 is 17.4 Å². The van der Waals surface area contributed by atoms with Crippen molar-refractivity contribution in [1.82, 2.24) is 4.98 Å². The summed E-state index contributed by atoms with van der Waals surface area (Å²) in [6, 6.07) is 0. The molecule has 90 valence electrons. The van der Waals surface area contributed by atoms with Crippen LogP contribution in [0, 0.1) is 6.92 Å². The van der Waals surface area contributed by atoms with Gasteiger partial charge in [-0.1, -0.05) is 0 Å². The summed E-state index contributed by atoms with van der Waals surface area (Å²) in [4.78, 5) is 4.40. The standard InChI is InChI=1S/C12H19NO2S/c1-9(12(15-4)5-6-14-3)7-11-8-16-10(2)13-11/h7-8,12H,5-6H2,1-4H3/b9-7+/t12-/m0/s1. The molecule has 0 spiro atoms. The second-order valence-electron chi connectivity index (χ2n) is 3.69. The molecule has 0 fully saturated rings. The maximum atomic E-state index is 5.42.